The summed E-state index contributed by atoms with van der Waals surface area (Å²) in [6, 6.07) is 14.9. The van der Waals surface area contributed by atoms with Crippen molar-refractivity contribution in [1.82, 2.24) is 10.1 Å². The van der Waals surface area contributed by atoms with Crippen molar-refractivity contribution in [2.24, 2.45) is 0 Å². The predicted molar refractivity (Wildman–Crippen MR) is 89.6 cm³/mol. The molecule has 6 nitrogen and oxygen atoms in total. The van der Waals surface area contributed by atoms with Crippen LogP contribution in [-0.4, -0.2) is 23.2 Å². The first-order chi connectivity index (χ1) is 11.7. The highest BCUT2D eigenvalue weighted by atomic mass is 16.5. The van der Waals surface area contributed by atoms with E-state index in [0.29, 0.717) is 23.8 Å². The minimum atomic E-state index is -0.360. The Morgan fingerprint density at radius 1 is 1.17 bits per heavy atom. The molecular formula is C18H17N3O3. The molecule has 2 aromatic carbocycles. The number of benzene rings is 2. The van der Waals surface area contributed by atoms with Gasteiger partial charge in [0, 0.05) is 11.3 Å². The van der Waals surface area contributed by atoms with Gasteiger partial charge in [0.25, 0.3) is 0 Å². The quantitative estimate of drug-likeness (QED) is 0.725. The van der Waals surface area contributed by atoms with Crippen molar-refractivity contribution < 1.29 is 14.1 Å². The standard InChI is InChI=1S/C18H17N3O3/c1-12-5-3-4-6-15(12)17-20-16(24-21-17)11-19-14-9-7-13(8-10-14)18(22)23-2/h3-10,19H,11H2,1-2H3. The maximum Gasteiger partial charge on any atom is 0.337 e. The number of anilines is 1. The average molecular weight is 323 g/mol. The number of ether oxygens (including phenoxy) is 1. The molecule has 0 amide bonds. The smallest absolute Gasteiger partial charge is 0.337 e. The Bertz CT molecular complexity index is 841. The molecule has 0 saturated heterocycles. The van der Waals surface area contributed by atoms with Crippen molar-refractivity contribution >= 4 is 11.7 Å². The molecule has 0 aliphatic rings. The number of aryl methyl sites for hydroxylation is 1. The summed E-state index contributed by atoms with van der Waals surface area (Å²) in [5.41, 5.74) is 3.40. The molecule has 1 N–H and O–H groups in total. The van der Waals surface area contributed by atoms with Crippen LogP contribution in [0.25, 0.3) is 11.4 Å². The van der Waals surface area contributed by atoms with Crippen LogP contribution in [0.2, 0.25) is 0 Å². The molecule has 0 aliphatic carbocycles. The Labute approximate surface area is 139 Å². The first-order valence-electron chi connectivity index (χ1n) is 7.48. The molecule has 1 heterocycles. The zero-order valence-corrected chi connectivity index (χ0v) is 13.4. The topological polar surface area (TPSA) is 77.2 Å². The minimum absolute atomic E-state index is 0.360. The molecule has 0 bridgehead atoms. The Kier molecular flexibility index (Phi) is 4.56. The number of methoxy groups -OCH3 is 1. The molecule has 3 rings (SSSR count). The third kappa shape index (κ3) is 3.43. The van der Waals surface area contributed by atoms with Gasteiger partial charge >= 0.3 is 5.97 Å². The van der Waals surface area contributed by atoms with Crippen LogP contribution in [0.1, 0.15) is 21.8 Å². The molecule has 0 unspecified atom stereocenters. The van der Waals surface area contributed by atoms with Crippen molar-refractivity contribution in [2.75, 3.05) is 12.4 Å². The number of nitrogens with one attached hydrogen (secondary N) is 1. The number of hydrogen-bond acceptors (Lipinski definition) is 6. The average Bonchev–Trinajstić information content (AvgIpc) is 3.09. The van der Waals surface area contributed by atoms with Gasteiger partial charge in [-0.25, -0.2) is 4.79 Å². The summed E-state index contributed by atoms with van der Waals surface area (Å²) in [5, 5.41) is 7.20. The van der Waals surface area contributed by atoms with E-state index in [1.807, 2.05) is 31.2 Å². The molecule has 0 radical (unpaired) electrons. The molecular weight excluding hydrogens is 306 g/mol. The lowest BCUT2D eigenvalue weighted by Gasteiger charge is -2.04. The largest absolute Gasteiger partial charge is 0.465 e. The molecule has 24 heavy (non-hydrogen) atoms. The van der Waals surface area contributed by atoms with E-state index in [1.165, 1.54) is 7.11 Å². The highest BCUT2D eigenvalue weighted by Gasteiger charge is 2.10. The number of aromatic nitrogens is 2. The predicted octanol–water partition coefficient (Wildman–Crippen LogP) is 3.44. The van der Waals surface area contributed by atoms with Gasteiger partial charge in [-0.15, -0.1) is 0 Å². The second-order valence-electron chi connectivity index (χ2n) is 5.25. The monoisotopic (exact) mass is 323 g/mol. The maximum absolute atomic E-state index is 11.4. The molecule has 122 valence electrons. The van der Waals surface area contributed by atoms with E-state index in [-0.39, 0.29) is 5.97 Å². The molecule has 3 aromatic rings. The van der Waals surface area contributed by atoms with Crippen LogP contribution >= 0.6 is 0 Å². The summed E-state index contributed by atoms with van der Waals surface area (Å²) in [7, 11) is 1.36. The normalized spacial score (nSPS) is 10.4. The fourth-order valence-electron chi connectivity index (χ4n) is 2.28. The van der Waals surface area contributed by atoms with Gasteiger partial charge < -0.3 is 14.6 Å². The number of esters is 1. The summed E-state index contributed by atoms with van der Waals surface area (Å²) >= 11 is 0. The van der Waals surface area contributed by atoms with Crippen LogP contribution in [0.15, 0.2) is 53.1 Å². The van der Waals surface area contributed by atoms with Gasteiger partial charge in [0.2, 0.25) is 11.7 Å². The fraction of sp³-hybridized carbons (Fsp3) is 0.167. The summed E-state index contributed by atoms with van der Waals surface area (Å²) in [5.74, 6) is 0.706. The van der Waals surface area contributed by atoms with Crippen molar-refractivity contribution in [2.45, 2.75) is 13.5 Å². The lowest BCUT2D eigenvalue weighted by atomic mass is 10.1. The Morgan fingerprint density at radius 3 is 2.62 bits per heavy atom. The van der Waals surface area contributed by atoms with E-state index in [4.69, 9.17) is 4.52 Å². The molecule has 0 saturated carbocycles. The second-order valence-corrected chi connectivity index (χ2v) is 5.25. The first-order valence-corrected chi connectivity index (χ1v) is 7.48. The third-order valence-electron chi connectivity index (χ3n) is 3.60. The van der Waals surface area contributed by atoms with Gasteiger partial charge in [-0.05, 0) is 36.8 Å². The number of nitrogens with zero attached hydrogens (tertiary/aromatic N) is 2. The van der Waals surface area contributed by atoms with Gasteiger partial charge in [0.1, 0.15) is 0 Å². The fourth-order valence-corrected chi connectivity index (χ4v) is 2.28. The van der Waals surface area contributed by atoms with Crippen LogP contribution < -0.4 is 5.32 Å². The van der Waals surface area contributed by atoms with Crippen molar-refractivity contribution in [3.05, 3.63) is 65.5 Å². The SMILES string of the molecule is COC(=O)c1ccc(NCc2nc(-c3ccccc3C)no2)cc1. The number of hydrogen-bond donors (Lipinski definition) is 1. The van der Waals surface area contributed by atoms with Gasteiger partial charge in [-0.1, -0.05) is 29.4 Å². The van der Waals surface area contributed by atoms with Gasteiger partial charge in [0.05, 0.1) is 19.2 Å². The summed E-state index contributed by atoms with van der Waals surface area (Å²) < 4.78 is 9.94. The maximum atomic E-state index is 11.4. The van der Waals surface area contributed by atoms with Crippen molar-refractivity contribution in [3.63, 3.8) is 0 Å². The summed E-state index contributed by atoms with van der Waals surface area (Å²) in [6.07, 6.45) is 0. The Morgan fingerprint density at radius 2 is 1.92 bits per heavy atom. The highest BCUT2D eigenvalue weighted by molar-refractivity contribution is 5.89. The van der Waals surface area contributed by atoms with E-state index in [1.54, 1.807) is 24.3 Å². The van der Waals surface area contributed by atoms with E-state index < -0.39 is 0 Å². The van der Waals surface area contributed by atoms with E-state index >= 15 is 0 Å². The highest BCUT2D eigenvalue weighted by Crippen LogP contribution is 2.20. The van der Waals surface area contributed by atoms with Crippen molar-refractivity contribution in [3.8, 4) is 11.4 Å². The Balaban J connectivity index is 1.65. The zero-order valence-electron chi connectivity index (χ0n) is 13.4. The summed E-state index contributed by atoms with van der Waals surface area (Å²) in [6.45, 7) is 2.41. The molecule has 0 atom stereocenters. The second kappa shape index (κ2) is 6.95. The van der Waals surface area contributed by atoms with Crippen LogP contribution in [0.5, 0.6) is 0 Å². The van der Waals surface area contributed by atoms with Crippen LogP contribution in [0, 0.1) is 6.92 Å². The molecule has 6 heteroatoms. The van der Waals surface area contributed by atoms with E-state index in [9.17, 15) is 4.79 Å². The lowest BCUT2D eigenvalue weighted by Crippen LogP contribution is -2.03. The molecule has 1 aromatic heterocycles. The van der Waals surface area contributed by atoms with Crippen LogP contribution in [0.4, 0.5) is 5.69 Å². The van der Waals surface area contributed by atoms with Gasteiger partial charge in [0.15, 0.2) is 0 Å². The Hall–Kier alpha value is -3.15. The lowest BCUT2D eigenvalue weighted by molar-refractivity contribution is 0.0601. The molecule has 0 fully saturated rings. The molecule has 0 spiro atoms. The summed E-state index contributed by atoms with van der Waals surface area (Å²) in [4.78, 5) is 15.8. The first kappa shape index (κ1) is 15.7. The van der Waals surface area contributed by atoms with Crippen LogP contribution in [0.3, 0.4) is 0 Å². The van der Waals surface area contributed by atoms with Crippen LogP contribution in [-0.2, 0) is 11.3 Å². The minimum Gasteiger partial charge on any atom is -0.465 e. The number of rotatable bonds is 5. The van der Waals surface area contributed by atoms with E-state index in [2.05, 4.69) is 20.2 Å². The van der Waals surface area contributed by atoms with Gasteiger partial charge in [-0.3, -0.25) is 0 Å². The number of carbonyl (C=O) groups is 1. The molecule has 0 aliphatic heterocycles. The number of carbonyl (C=O) groups excluding carboxylic acids is 1. The zero-order chi connectivity index (χ0) is 16.9. The van der Waals surface area contributed by atoms with Crippen molar-refractivity contribution in [1.29, 1.82) is 0 Å². The third-order valence-corrected chi connectivity index (χ3v) is 3.60. The van der Waals surface area contributed by atoms with Gasteiger partial charge in [-0.2, -0.15) is 4.98 Å². The van der Waals surface area contributed by atoms with E-state index in [0.717, 1.165) is 16.8 Å².